The van der Waals surface area contributed by atoms with Crippen LogP contribution in [0.3, 0.4) is 0 Å². The summed E-state index contributed by atoms with van der Waals surface area (Å²) in [4.78, 5) is 39.1. The van der Waals surface area contributed by atoms with Crippen LogP contribution >= 0.6 is 0 Å². The van der Waals surface area contributed by atoms with Gasteiger partial charge in [-0.3, -0.25) is 15.0 Å². The lowest BCUT2D eigenvalue weighted by Gasteiger charge is -2.13. The molecule has 2 heterocycles. The number of nitrogens with zero attached hydrogens (tertiary/aromatic N) is 4. The van der Waals surface area contributed by atoms with E-state index in [4.69, 9.17) is 5.41 Å². The van der Waals surface area contributed by atoms with Crippen LogP contribution in [0.1, 0.15) is 25.5 Å². The molecule has 10 nitrogen and oxygen atoms in total. The number of ether oxygens (including phenoxy) is 1. The average Bonchev–Trinajstić information content (AvgIpc) is 3.04. The maximum absolute atomic E-state index is 12.3. The predicted octanol–water partition coefficient (Wildman–Crippen LogP) is 0.520. The third-order valence-corrected chi connectivity index (χ3v) is 3.35. The number of hydrogen-bond donors (Lipinski definition) is 2. The lowest BCUT2D eigenvalue weighted by Crippen LogP contribution is -2.31. The second-order valence-corrected chi connectivity index (χ2v) is 4.68. The molecule has 0 aromatic carbocycles. The van der Waals surface area contributed by atoms with E-state index in [1.165, 1.54) is 13.8 Å². The van der Waals surface area contributed by atoms with E-state index in [1.807, 2.05) is 0 Å². The quantitative estimate of drug-likeness (QED) is 0.460. The van der Waals surface area contributed by atoms with Gasteiger partial charge in [0.25, 0.3) is 11.9 Å². The molecule has 0 spiro atoms. The minimum absolute atomic E-state index is 0.0240. The number of rotatable bonds is 5. The Balaban J connectivity index is 2.27. The van der Waals surface area contributed by atoms with Crippen molar-refractivity contribution in [3.8, 4) is 5.88 Å². The molecule has 0 amide bonds. The zero-order valence-corrected chi connectivity index (χ0v) is 12.0. The fraction of sp³-hybridized carbons (Fsp3) is 0.417. The topological polar surface area (TPSA) is 147 Å². The lowest BCUT2D eigenvalue weighted by molar-refractivity contribution is -0.155. The number of fused-ring (bicyclic) bond motifs is 1. The van der Waals surface area contributed by atoms with Gasteiger partial charge in [0.15, 0.2) is 5.78 Å². The second kappa shape index (κ2) is 5.47. The largest absolute Gasteiger partial charge is 0.493 e. The highest BCUT2D eigenvalue weighted by atomic mass is 16.5. The number of esters is 1. The summed E-state index contributed by atoms with van der Waals surface area (Å²) < 4.78 is 5.26. The Hall–Kier alpha value is -2.91. The zero-order chi connectivity index (χ0) is 16.6. The molecule has 116 valence electrons. The Kier molecular flexibility index (Phi) is 3.85. The van der Waals surface area contributed by atoms with E-state index in [2.05, 4.69) is 19.9 Å². The van der Waals surface area contributed by atoms with E-state index in [9.17, 15) is 19.5 Å². The Bertz CT molecular complexity index is 720. The van der Waals surface area contributed by atoms with Crippen molar-refractivity contribution < 1.29 is 24.2 Å². The van der Waals surface area contributed by atoms with Gasteiger partial charge in [0.05, 0.1) is 18.9 Å². The fourth-order valence-electron chi connectivity index (χ4n) is 2.02. The molecule has 2 unspecified atom stereocenters. The third kappa shape index (κ3) is 2.28. The zero-order valence-electron chi connectivity index (χ0n) is 12.0. The van der Waals surface area contributed by atoms with E-state index in [1.54, 1.807) is 0 Å². The van der Waals surface area contributed by atoms with Gasteiger partial charge in [-0.25, -0.2) is 14.3 Å². The normalized spacial score (nSPS) is 15.3. The summed E-state index contributed by atoms with van der Waals surface area (Å²) in [5.74, 6) is -5.69. The Labute approximate surface area is 124 Å². The van der Waals surface area contributed by atoms with Crippen molar-refractivity contribution in [2.24, 2.45) is 16.1 Å². The van der Waals surface area contributed by atoms with Crippen molar-refractivity contribution in [1.82, 2.24) is 9.55 Å². The number of aromatic nitrogens is 2. The summed E-state index contributed by atoms with van der Waals surface area (Å²) in [6.45, 7) is 2.71. The van der Waals surface area contributed by atoms with Crippen molar-refractivity contribution in [1.29, 1.82) is 5.41 Å². The number of ketones is 2. The molecule has 1 aliphatic rings. The van der Waals surface area contributed by atoms with Gasteiger partial charge in [0, 0.05) is 0 Å². The van der Waals surface area contributed by atoms with E-state index in [-0.39, 0.29) is 17.6 Å². The Morgan fingerprint density at radius 2 is 1.91 bits per heavy atom. The standard InChI is InChI=1S/C12H13N5O5/c1-4(7(18)5(2)8(19)10(21)22-3)6-9(20)17-11(13)15-16-12(17)14-6/h4-5,13,20H,1-3H3. The number of imidazole rings is 1. The van der Waals surface area contributed by atoms with E-state index >= 15 is 0 Å². The summed E-state index contributed by atoms with van der Waals surface area (Å²) in [7, 11) is 1.04. The number of hydrogen-bond acceptors (Lipinski definition) is 8. The summed E-state index contributed by atoms with van der Waals surface area (Å²) in [6.07, 6.45) is 0. The molecule has 22 heavy (non-hydrogen) atoms. The molecule has 1 aromatic heterocycles. The molecule has 0 saturated heterocycles. The van der Waals surface area contributed by atoms with E-state index < -0.39 is 35.3 Å². The predicted molar refractivity (Wildman–Crippen MR) is 71.1 cm³/mol. The number of carbonyl (C=O) groups excluding carboxylic acids is 3. The van der Waals surface area contributed by atoms with Crippen molar-refractivity contribution in [3.05, 3.63) is 5.69 Å². The van der Waals surface area contributed by atoms with Crippen LogP contribution in [0, 0.1) is 11.3 Å². The smallest absolute Gasteiger partial charge is 0.375 e. The van der Waals surface area contributed by atoms with Gasteiger partial charge in [-0.15, -0.1) is 10.2 Å². The molecule has 1 aromatic rings. The molecule has 0 saturated carbocycles. The second-order valence-electron chi connectivity index (χ2n) is 4.68. The van der Waals surface area contributed by atoms with Gasteiger partial charge >= 0.3 is 5.97 Å². The minimum Gasteiger partial charge on any atom is -0.493 e. The highest BCUT2D eigenvalue weighted by Gasteiger charge is 2.35. The molecular formula is C12H13N5O5. The van der Waals surface area contributed by atoms with Crippen LogP contribution in [0.15, 0.2) is 10.2 Å². The summed E-state index contributed by atoms with van der Waals surface area (Å²) >= 11 is 0. The molecule has 2 rings (SSSR count). The summed E-state index contributed by atoms with van der Waals surface area (Å²) in [5.41, 5.74) is -0.0343. The number of azo groups is 1. The minimum atomic E-state index is -1.24. The van der Waals surface area contributed by atoms with Crippen molar-refractivity contribution in [2.45, 2.75) is 19.8 Å². The van der Waals surface area contributed by atoms with E-state index in [0.29, 0.717) is 0 Å². The van der Waals surface area contributed by atoms with Gasteiger partial charge in [-0.2, -0.15) is 0 Å². The molecular weight excluding hydrogens is 294 g/mol. The molecule has 2 atom stereocenters. The van der Waals surface area contributed by atoms with Crippen LogP contribution in [0.4, 0.5) is 5.95 Å². The molecule has 0 fully saturated rings. The van der Waals surface area contributed by atoms with Crippen LogP contribution < -0.4 is 0 Å². The van der Waals surface area contributed by atoms with Crippen LogP contribution in [0.5, 0.6) is 5.88 Å². The van der Waals surface area contributed by atoms with Gasteiger partial charge < -0.3 is 9.84 Å². The van der Waals surface area contributed by atoms with E-state index in [0.717, 1.165) is 11.7 Å². The number of carbonyl (C=O) groups is 3. The first-order chi connectivity index (χ1) is 10.3. The van der Waals surface area contributed by atoms with Crippen LogP contribution in [0.2, 0.25) is 0 Å². The van der Waals surface area contributed by atoms with Crippen LogP contribution in [-0.2, 0) is 19.1 Å². The van der Waals surface area contributed by atoms with Crippen molar-refractivity contribution in [3.63, 3.8) is 0 Å². The SMILES string of the molecule is COC(=O)C(=O)C(C)C(=O)C(C)c1nc2n(c1O)C(=N)N=N2. The molecule has 2 N–H and O–H groups in total. The average molecular weight is 307 g/mol. The van der Waals surface area contributed by atoms with Crippen molar-refractivity contribution in [2.75, 3.05) is 7.11 Å². The maximum atomic E-state index is 12.3. The molecule has 0 radical (unpaired) electrons. The Morgan fingerprint density at radius 3 is 2.45 bits per heavy atom. The molecule has 10 heteroatoms. The number of Topliss-reactive ketones (excluding diaryl/α,β-unsaturated/α-hetero) is 2. The van der Waals surface area contributed by atoms with Crippen molar-refractivity contribution >= 4 is 29.4 Å². The van der Waals surface area contributed by atoms with Crippen LogP contribution in [-0.4, -0.2) is 45.3 Å². The van der Waals surface area contributed by atoms with Gasteiger partial charge in [-0.05, 0) is 13.8 Å². The number of aromatic hydroxyl groups is 1. The van der Waals surface area contributed by atoms with Gasteiger partial charge in [-0.1, -0.05) is 0 Å². The highest BCUT2D eigenvalue weighted by Crippen LogP contribution is 2.34. The summed E-state index contributed by atoms with van der Waals surface area (Å²) in [5, 5.41) is 24.5. The van der Waals surface area contributed by atoms with Gasteiger partial charge in [0.1, 0.15) is 5.69 Å². The number of methoxy groups -OCH3 is 1. The van der Waals surface area contributed by atoms with Gasteiger partial charge in [0.2, 0.25) is 11.7 Å². The third-order valence-electron chi connectivity index (χ3n) is 3.35. The lowest BCUT2D eigenvalue weighted by atomic mass is 9.90. The Morgan fingerprint density at radius 1 is 1.27 bits per heavy atom. The molecule has 0 aliphatic carbocycles. The number of nitrogens with one attached hydrogen (secondary N) is 1. The highest BCUT2D eigenvalue weighted by molar-refractivity contribution is 6.38. The first-order valence-electron chi connectivity index (χ1n) is 6.27. The first kappa shape index (κ1) is 15.5. The summed E-state index contributed by atoms with van der Waals surface area (Å²) in [6, 6.07) is 0. The first-order valence-corrected chi connectivity index (χ1v) is 6.27. The molecule has 1 aliphatic heterocycles. The molecule has 0 bridgehead atoms. The van der Waals surface area contributed by atoms with Crippen LogP contribution in [0.25, 0.3) is 0 Å². The fourth-order valence-corrected chi connectivity index (χ4v) is 2.02. The maximum Gasteiger partial charge on any atom is 0.375 e. The monoisotopic (exact) mass is 307 g/mol.